The Bertz CT molecular complexity index is 903. The first-order valence-electron chi connectivity index (χ1n) is 11.1. The molecule has 162 valence electrons. The van der Waals surface area contributed by atoms with Crippen LogP contribution in [0.4, 0.5) is 0 Å². The highest BCUT2D eigenvalue weighted by molar-refractivity contribution is 5.65. The highest BCUT2D eigenvalue weighted by atomic mass is 16.1. The summed E-state index contributed by atoms with van der Waals surface area (Å²) in [6.07, 6.45) is 0. The summed E-state index contributed by atoms with van der Waals surface area (Å²) < 4.78 is 1.71. The van der Waals surface area contributed by atoms with Crippen LogP contribution in [0.25, 0.3) is 17.0 Å². The van der Waals surface area contributed by atoms with Gasteiger partial charge < -0.3 is 4.98 Å². The Labute approximate surface area is 177 Å². The van der Waals surface area contributed by atoms with E-state index in [0.29, 0.717) is 5.78 Å². The molecule has 0 unspecified atom stereocenters. The summed E-state index contributed by atoms with van der Waals surface area (Å²) in [5.74, 6) is 1.05. The molecule has 0 radical (unpaired) electrons. The highest BCUT2D eigenvalue weighted by Crippen LogP contribution is 2.26. The van der Waals surface area contributed by atoms with Crippen molar-refractivity contribution in [3.63, 3.8) is 0 Å². The number of rotatable bonds is 3. The van der Waals surface area contributed by atoms with Crippen LogP contribution in [-0.4, -0.2) is 14.4 Å². The van der Waals surface area contributed by atoms with Crippen molar-refractivity contribution in [3.8, 4) is 11.3 Å². The second-order valence-corrected chi connectivity index (χ2v) is 6.64. The van der Waals surface area contributed by atoms with Crippen LogP contribution in [0.3, 0.4) is 0 Å². The van der Waals surface area contributed by atoms with E-state index in [1.54, 1.807) is 4.40 Å². The minimum atomic E-state index is 0.0460. The normalized spacial score (nSPS) is 9.97. The Morgan fingerprint density at radius 2 is 1.38 bits per heavy atom. The van der Waals surface area contributed by atoms with Crippen molar-refractivity contribution >= 4 is 5.78 Å². The molecule has 0 spiro atoms. The van der Waals surface area contributed by atoms with Gasteiger partial charge in [-0.2, -0.15) is 0 Å². The minimum Gasteiger partial charge on any atom is -0.328 e. The van der Waals surface area contributed by atoms with E-state index in [2.05, 4.69) is 32.7 Å². The van der Waals surface area contributed by atoms with Crippen LogP contribution in [-0.2, 0) is 0 Å². The van der Waals surface area contributed by atoms with Gasteiger partial charge in [0.25, 0.3) is 5.56 Å². The fourth-order valence-electron chi connectivity index (χ4n) is 3.14. The summed E-state index contributed by atoms with van der Waals surface area (Å²) in [5, 5.41) is 0. The van der Waals surface area contributed by atoms with Crippen LogP contribution < -0.4 is 5.56 Å². The second kappa shape index (κ2) is 13.0. The van der Waals surface area contributed by atoms with Crippen LogP contribution in [0.15, 0.2) is 35.1 Å². The molecule has 1 N–H and O–H groups in total. The van der Waals surface area contributed by atoms with Gasteiger partial charge in [-0.15, -0.1) is 0 Å². The lowest BCUT2D eigenvalue weighted by molar-refractivity contribution is 0.733. The van der Waals surface area contributed by atoms with Crippen LogP contribution in [0.2, 0.25) is 0 Å². The standard InChI is InChI=1S/C19H23N3O.3C2H6/c1-11(2)15-16(12(3)4)20-19-21-17(13(5)22(19)18(15)23)14-9-7-6-8-10-14;3*1-2/h6-12H,1-5H3,(H,20,21);3*1-2H3. The number of H-pyrrole nitrogens is 1. The largest absolute Gasteiger partial charge is 0.328 e. The number of benzene rings is 1. The molecule has 0 aliphatic carbocycles. The molecule has 0 bridgehead atoms. The van der Waals surface area contributed by atoms with E-state index in [4.69, 9.17) is 4.98 Å². The lowest BCUT2D eigenvalue weighted by Gasteiger charge is -2.15. The van der Waals surface area contributed by atoms with Crippen LogP contribution in [0, 0.1) is 6.92 Å². The van der Waals surface area contributed by atoms with E-state index < -0.39 is 0 Å². The number of hydrogen-bond acceptors (Lipinski definition) is 2. The number of nitrogens with one attached hydrogen (secondary N) is 1. The van der Waals surface area contributed by atoms with Crippen molar-refractivity contribution in [2.24, 2.45) is 0 Å². The number of hydrogen-bond donors (Lipinski definition) is 1. The Morgan fingerprint density at radius 3 is 1.83 bits per heavy atom. The predicted molar refractivity (Wildman–Crippen MR) is 128 cm³/mol. The molecule has 0 saturated carbocycles. The summed E-state index contributed by atoms with van der Waals surface area (Å²) >= 11 is 0. The molecule has 0 amide bonds. The molecule has 0 atom stereocenters. The van der Waals surface area contributed by atoms with E-state index in [-0.39, 0.29) is 17.4 Å². The van der Waals surface area contributed by atoms with Crippen molar-refractivity contribution in [1.29, 1.82) is 0 Å². The first-order chi connectivity index (χ1) is 13.9. The summed E-state index contributed by atoms with van der Waals surface area (Å²) in [5.41, 5.74) is 4.65. The smallest absolute Gasteiger partial charge is 0.262 e. The molecular weight excluding hydrogens is 358 g/mol. The first kappa shape index (κ1) is 26.6. The maximum atomic E-state index is 13.1. The van der Waals surface area contributed by atoms with Gasteiger partial charge in [0.05, 0.1) is 11.4 Å². The molecule has 0 saturated heterocycles. The number of nitrogens with zero attached hydrogens (tertiary/aromatic N) is 2. The van der Waals surface area contributed by atoms with Crippen LogP contribution >= 0.6 is 0 Å². The van der Waals surface area contributed by atoms with Gasteiger partial charge in [-0.1, -0.05) is 99.6 Å². The summed E-state index contributed by atoms with van der Waals surface area (Å²) in [6, 6.07) is 9.99. The molecule has 1 aromatic carbocycles. The van der Waals surface area contributed by atoms with Crippen molar-refractivity contribution in [2.45, 2.75) is 88.0 Å². The maximum absolute atomic E-state index is 13.1. The van der Waals surface area contributed by atoms with Gasteiger partial charge in [0.2, 0.25) is 5.78 Å². The Morgan fingerprint density at radius 1 is 0.862 bits per heavy atom. The zero-order chi connectivity index (χ0) is 22.7. The van der Waals surface area contributed by atoms with Crippen LogP contribution in [0.5, 0.6) is 0 Å². The second-order valence-electron chi connectivity index (χ2n) is 6.64. The molecule has 3 aromatic rings. The van der Waals surface area contributed by atoms with E-state index in [9.17, 15) is 4.79 Å². The highest BCUT2D eigenvalue weighted by Gasteiger charge is 2.21. The zero-order valence-electron chi connectivity index (χ0n) is 20.3. The third kappa shape index (κ3) is 5.81. The monoisotopic (exact) mass is 399 g/mol. The summed E-state index contributed by atoms with van der Waals surface area (Å²) in [6.45, 7) is 22.3. The van der Waals surface area contributed by atoms with Crippen LogP contribution in [0.1, 0.15) is 98.0 Å². The lowest BCUT2D eigenvalue weighted by Crippen LogP contribution is -2.24. The van der Waals surface area contributed by atoms with E-state index in [1.807, 2.05) is 78.8 Å². The molecule has 2 heterocycles. The molecule has 4 heteroatoms. The van der Waals surface area contributed by atoms with Crippen molar-refractivity contribution in [3.05, 3.63) is 57.6 Å². The van der Waals surface area contributed by atoms with Crippen molar-refractivity contribution in [2.75, 3.05) is 0 Å². The van der Waals surface area contributed by atoms with E-state index in [0.717, 1.165) is 28.2 Å². The fourth-order valence-corrected chi connectivity index (χ4v) is 3.14. The van der Waals surface area contributed by atoms with Gasteiger partial charge in [-0.25, -0.2) is 9.38 Å². The Hall–Kier alpha value is -2.36. The van der Waals surface area contributed by atoms with Gasteiger partial charge in [0.1, 0.15) is 0 Å². The molecule has 3 rings (SSSR count). The van der Waals surface area contributed by atoms with E-state index >= 15 is 0 Å². The van der Waals surface area contributed by atoms with Gasteiger partial charge in [-0.05, 0) is 18.8 Å². The van der Waals surface area contributed by atoms with Gasteiger partial charge in [0.15, 0.2) is 0 Å². The number of aryl methyl sites for hydroxylation is 1. The Balaban J connectivity index is 0.00000120. The van der Waals surface area contributed by atoms with E-state index in [1.165, 1.54) is 0 Å². The SMILES string of the molecule is CC.CC.CC.Cc1c(-c2ccccc2)nc2[nH]c(C(C)C)c(C(C)C)c(=O)n12. The summed E-state index contributed by atoms with van der Waals surface area (Å²) in [7, 11) is 0. The molecule has 0 fully saturated rings. The molecule has 0 aliphatic rings. The predicted octanol–water partition coefficient (Wildman–Crippen LogP) is 7.32. The molecular formula is C25H41N3O. The number of fused-ring (bicyclic) bond motifs is 1. The van der Waals surface area contributed by atoms with Gasteiger partial charge in [0, 0.05) is 16.8 Å². The number of aromatic amines is 1. The average Bonchev–Trinajstić information content (AvgIpc) is 3.09. The Kier molecular flexibility index (Phi) is 11.9. The fraction of sp³-hybridized carbons (Fsp3) is 0.520. The van der Waals surface area contributed by atoms with Crippen molar-refractivity contribution in [1.82, 2.24) is 14.4 Å². The first-order valence-corrected chi connectivity index (χ1v) is 11.1. The summed E-state index contributed by atoms with van der Waals surface area (Å²) in [4.78, 5) is 21.2. The quantitative estimate of drug-likeness (QED) is 0.501. The maximum Gasteiger partial charge on any atom is 0.262 e. The third-order valence-corrected chi connectivity index (χ3v) is 4.28. The topological polar surface area (TPSA) is 50.2 Å². The van der Waals surface area contributed by atoms with Gasteiger partial charge >= 0.3 is 0 Å². The van der Waals surface area contributed by atoms with Gasteiger partial charge in [-0.3, -0.25) is 4.79 Å². The number of aromatic nitrogens is 3. The molecule has 4 nitrogen and oxygen atoms in total. The lowest BCUT2D eigenvalue weighted by atomic mass is 9.96. The molecule has 29 heavy (non-hydrogen) atoms. The number of imidazole rings is 1. The molecule has 2 aromatic heterocycles. The average molecular weight is 400 g/mol. The minimum absolute atomic E-state index is 0.0460. The molecule has 0 aliphatic heterocycles. The van der Waals surface area contributed by atoms with Crippen molar-refractivity contribution < 1.29 is 0 Å². The third-order valence-electron chi connectivity index (χ3n) is 4.28. The zero-order valence-corrected chi connectivity index (χ0v) is 20.3.